The van der Waals surface area contributed by atoms with Crippen LogP contribution in [0.4, 0.5) is 11.4 Å². The van der Waals surface area contributed by atoms with Crippen molar-refractivity contribution in [3.8, 4) is 0 Å². The summed E-state index contributed by atoms with van der Waals surface area (Å²) in [6.07, 6.45) is 2.78. The average molecular weight is 314 g/mol. The third-order valence-electron chi connectivity index (χ3n) is 2.75. The molecule has 0 aliphatic heterocycles. The first-order valence-electron chi connectivity index (χ1n) is 6.36. The number of nitrogens with zero attached hydrogens (tertiary/aromatic N) is 2. The number of rotatable bonds is 7. The fourth-order valence-corrected chi connectivity index (χ4v) is 2.11. The summed E-state index contributed by atoms with van der Waals surface area (Å²) < 4.78 is 22.4. The summed E-state index contributed by atoms with van der Waals surface area (Å²) in [5.74, 6) is 0. The number of nitrogens with two attached hydrogens (primary N) is 1. The minimum Gasteiger partial charge on any atom is -0.272 e. The van der Waals surface area contributed by atoms with Gasteiger partial charge in [0, 0.05) is 11.8 Å². The predicted octanol–water partition coefficient (Wildman–Crippen LogP) is 2.22. The number of anilines is 1. The van der Waals surface area contributed by atoms with Crippen LogP contribution in [-0.2, 0) is 10.0 Å². The van der Waals surface area contributed by atoms with Gasteiger partial charge in [0.2, 0.25) is 10.0 Å². The Bertz CT molecular complexity index is 655. The van der Waals surface area contributed by atoms with E-state index in [0.717, 1.165) is 31.0 Å². The van der Waals surface area contributed by atoms with Crippen LogP contribution in [-0.4, -0.2) is 19.1 Å². The normalized spacial score (nSPS) is 12.2. The monoisotopic (exact) mass is 314 g/mol. The summed E-state index contributed by atoms with van der Waals surface area (Å²) >= 11 is 0. The molecule has 0 saturated heterocycles. The lowest BCUT2D eigenvalue weighted by Gasteiger charge is -2.05. The molecule has 0 amide bonds. The SMILES string of the molecule is CCCC/C(C)=N\Nc1ccc(S(N)(=O)=O)cc1[N+](=O)[O-]. The number of benzene rings is 1. The second kappa shape index (κ2) is 7.14. The molecule has 116 valence electrons. The van der Waals surface area contributed by atoms with Gasteiger partial charge in [-0.1, -0.05) is 13.3 Å². The molecule has 8 nitrogen and oxygen atoms in total. The molecule has 3 N–H and O–H groups in total. The van der Waals surface area contributed by atoms with Crippen molar-refractivity contribution in [2.45, 2.75) is 38.0 Å². The number of unbranched alkanes of at least 4 members (excludes halogenated alkanes) is 1. The number of sulfonamides is 1. The average Bonchev–Trinajstić information content (AvgIpc) is 2.41. The molecule has 0 spiro atoms. The Morgan fingerprint density at radius 3 is 2.67 bits per heavy atom. The van der Waals surface area contributed by atoms with Crippen LogP contribution in [0.2, 0.25) is 0 Å². The first-order valence-corrected chi connectivity index (χ1v) is 7.90. The topological polar surface area (TPSA) is 128 Å². The fraction of sp³-hybridized carbons (Fsp3) is 0.417. The quantitative estimate of drug-likeness (QED) is 0.453. The van der Waals surface area contributed by atoms with Gasteiger partial charge in [0.05, 0.1) is 9.82 Å². The van der Waals surface area contributed by atoms with Crippen molar-refractivity contribution in [1.29, 1.82) is 0 Å². The molecule has 21 heavy (non-hydrogen) atoms. The Hall–Kier alpha value is -2.00. The van der Waals surface area contributed by atoms with E-state index in [-0.39, 0.29) is 10.6 Å². The summed E-state index contributed by atoms with van der Waals surface area (Å²) in [6.45, 7) is 3.87. The maximum Gasteiger partial charge on any atom is 0.295 e. The van der Waals surface area contributed by atoms with E-state index in [9.17, 15) is 18.5 Å². The van der Waals surface area contributed by atoms with Crippen LogP contribution in [0.25, 0.3) is 0 Å². The highest BCUT2D eigenvalue weighted by Crippen LogP contribution is 2.27. The van der Waals surface area contributed by atoms with Crippen LogP contribution in [0.1, 0.15) is 33.1 Å². The Morgan fingerprint density at radius 1 is 1.48 bits per heavy atom. The largest absolute Gasteiger partial charge is 0.295 e. The van der Waals surface area contributed by atoms with Crippen molar-refractivity contribution in [3.63, 3.8) is 0 Å². The standard InChI is InChI=1S/C12H18N4O4S/c1-3-4-5-9(2)14-15-11-7-6-10(21(13,19)20)8-12(11)16(17)18/h6-8,15H,3-5H2,1-2H3,(H2,13,19,20)/b14-9-. The second-order valence-electron chi connectivity index (χ2n) is 4.54. The number of hydrazone groups is 1. The second-order valence-corrected chi connectivity index (χ2v) is 6.10. The predicted molar refractivity (Wildman–Crippen MR) is 80.7 cm³/mol. The van der Waals surface area contributed by atoms with Gasteiger partial charge in [-0.05, 0) is 31.9 Å². The highest BCUT2D eigenvalue weighted by Gasteiger charge is 2.18. The molecule has 1 aromatic rings. The molecule has 1 rings (SSSR count). The van der Waals surface area contributed by atoms with Gasteiger partial charge in [0.25, 0.3) is 5.69 Å². The van der Waals surface area contributed by atoms with E-state index in [4.69, 9.17) is 5.14 Å². The van der Waals surface area contributed by atoms with Crippen molar-refractivity contribution >= 4 is 27.1 Å². The number of nitrogens with one attached hydrogen (secondary N) is 1. The molecule has 0 aliphatic carbocycles. The lowest BCUT2D eigenvalue weighted by Crippen LogP contribution is -2.12. The van der Waals surface area contributed by atoms with E-state index in [0.29, 0.717) is 0 Å². The lowest BCUT2D eigenvalue weighted by atomic mass is 10.2. The molecule has 9 heteroatoms. The molecule has 0 fully saturated rings. The van der Waals surface area contributed by atoms with Crippen LogP contribution in [0.3, 0.4) is 0 Å². The number of nitro benzene ring substituents is 1. The van der Waals surface area contributed by atoms with Gasteiger partial charge >= 0.3 is 0 Å². The van der Waals surface area contributed by atoms with E-state index in [1.165, 1.54) is 12.1 Å². The van der Waals surface area contributed by atoms with E-state index in [1.807, 2.05) is 6.92 Å². The number of hydrogen-bond acceptors (Lipinski definition) is 6. The zero-order valence-corrected chi connectivity index (χ0v) is 12.7. The smallest absolute Gasteiger partial charge is 0.272 e. The first kappa shape index (κ1) is 17.1. The summed E-state index contributed by atoms with van der Waals surface area (Å²) in [4.78, 5) is 10.00. The highest BCUT2D eigenvalue weighted by molar-refractivity contribution is 7.89. The summed E-state index contributed by atoms with van der Waals surface area (Å²) in [5.41, 5.74) is 3.12. The summed E-state index contributed by atoms with van der Waals surface area (Å²) in [7, 11) is -3.99. The lowest BCUT2D eigenvalue weighted by molar-refractivity contribution is -0.384. The molecule has 0 unspecified atom stereocenters. The fourth-order valence-electron chi connectivity index (χ4n) is 1.58. The zero-order chi connectivity index (χ0) is 16.0. The van der Waals surface area contributed by atoms with Crippen LogP contribution >= 0.6 is 0 Å². The van der Waals surface area contributed by atoms with Crippen LogP contribution in [0.5, 0.6) is 0 Å². The van der Waals surface area contributed by atoms with Gasteiger partial charge in [-0.3, -0.25) is 15.5 Å². The van der Waals surface area contributed by atoms with E-state index in [1.54, 1.807) is 0 Å². The molecule has 0 aliphatic rings. The van der Waals surface area contributed by atoms with E-state index in [2.05, 4.69) is 17.5 Å². The Labute approximate surface area is 123 Å². The van der Waals surface area contributed by atoms with Crippen molar-refractivity contribution in [2.24, 2.45) is 10.2 Å². The van der Waals surface area contributed by atoms with E-state index < -0.39 is 20.6 Å². The van der Waals surface area contributed by atoms with Crippen molar-refractivity contribution in [3.05, 3.63) is 28.3 Å². The maximum absolute atomic E-state index is 11.2. The summed E-state index contributed by atoms with van der Waals surface area (Å²) in [6, 6.07) is 3.38. The molecule has 0 radical (unpaired) electrons. The molecule has 0 aromatic heterocycles. The van der Waals surface area contributed by atoms with E-state index >= 15 is 0 Å². The van der Waals surface area contributed by atoms with Gasteiger partial charge in [-0.2, -0.15) is 5.10 Å². The highest BCUT2D eigenvalue weighted by atomic mass is 32.2. The van der Waals surface area contributed by atoms with Crippen molar-refractivity contribution in [2.75, 3.05) is 5.43 Å². The van der Waals surface area contributed by atoms with Gasteiger partial charge in [0.1, 0.15) is 5.69 Å². The number of hydrogen-bond donors (Lipinski definition) is 2. The molecular formula is C12H18N4O4S. The molecule has 0 heterocycles. The van der Waals surface area contributed by atoms with Gasteiger partial charge in [-0.25, -0.2) is 13.6 Å². The molecular weight excluding hydrogens is 296 g/mol. The van der Waals surface area contributed by atoms with Crippen LogP contribution in [0, 0.1) is 10.1 Å². The Morgan fingerprint density at radius 2 is 2.14 bits per heavy atom. The number of nitro groups is 1. The third-order valence-corrected chi connectivity index (χ3v) is 3.66. The van der Waals surface area contributed by atoms with Crippen molar-refractivity contribution < 1.29 is 13.3 Å². The minimum atomic E-state index is -3.99. The summed E-state index contributed by atoms with van der Waals surface area (Å²) in [5, 5.41) is 20.0. The maximum atomic E-state index is 11.2. The van der Waals surface area contributed by atoms with Gasteiger partial charge < -0.3 is 0 Å². The number of primary sulfonamides is 1. The molecule has 0 bridgehead atoms. The Balaban J connectivity index is 3.05. The van der Waals surface area contributed by atoms with Gasteiger partial charge in [-0.15, -0.1) is 0 Å². The molecule has 1 aromatic carbocycles. The van der Waals surface area contributed by atoms with Crippen LogP contribution < -0.4 is 10.6 Å². The van der Waals surface area contributed by atoms with Crippen LogP contribution in [0.15, 0.2) is 28.2 Å². The zero-order valence-electron chi connectivity index (χ0n) is 11.9. The van der Waals surface area contributed by atoms with Gasteiger partial charge in [0.15, 0.2) is 0 Å². The molecule has 0 saturated carbocycles. The molecule has 0 atom stereocenters. The first-order chi connectivity index (χ1) is 9.75. The third kappa shape index (κ3) is 5.12. The van der Waals surface area contributed by atoms with Crippen molar-refractivity contribution in [1.82, 2.24) is 0 Å². The minimum absolute atomic E-state index is 0.114. The Kier molecular flexibility index (Phi) is 5.79.